The van der Waals surface area contributed by atoms with E-state index in [2.05, 4.69) is 0 Å². The van der Waals surface area contributed by atoms with E-state index in [9.17, 15) is 41.4 Å². The second-order valence-corrected chi connectivity index (χ2v) is 5.55. The predicted octanol–water partition coefficient (Wildman–Crippen LogP) is 4.75. The summed E-state index contributed by atoms with van der Waals surface area (Å²) in [5, 5.41) is 19.1. The standard InChI is InChI=1S/C17H8F6O4/c18-16(19,20)8-1-3-10(17(21,22)23)7(5-8)6-12-13(25)9-2-4-11(24)14(26)15(9)27-12/h1-6,24,26H/b12-6-. The number of alkyl halides is 6. The van der Waals surface area contributed by atoms with E-state index < -0.39 is 57.8 Å². The molecule has 1 aliphatic rings. The molecule has 2 aromatic rings. The predicted molar refractivity (Wildman–Crippen MR) is 79.2 cm³/mol. The first-order chi connectivity index (χ1) is 12.4. The zero-order valence-corrected chi connectivity index (χ0v) is 12.9. The topological polar surface area (TPSA) is 66.8 Å². The summed E-state index contributed by atoms with van der Waals surface area (Å²) in [6, 6.07) is 2.80. The molecule has 0 unspecified atom stereocenters. The van der Waals surface area contributed by atoms with Crippen LogP contribution >= 0.6 is 0 Å². The zero-order valence-electron chi connectivity index (χ0n) is 12.9. The normalized spacial score (nSPS) is 15.8. The van der Waals surface area contributed by atoms with Crippen molar-refractivity contribution >= 4 is 11.9 Å². The van der Waals surface area contributed by atoms with Gasteiger partial charge in [0.2, 0.25) is 11.5 Å². The summed E-state index contributed by atoms with van der Waals surface area (Å²) < 4.78 is 82.8. The van der Waals surface area contributed by atoms with E-state index in [0.717, 1.165) is 12.1 Å². The molecule has 0 aliphatic carbocycles. The minimum absolute atomic E-state index is 0.243. The van der Waals surface area contributed by atoms with E-state index in [-0.39, 0.29) is 23.8 Å². The molecule has 0 fully saturated rings. The Kier molecular flexibility index (Phi) is 4.09. The Morgan fingerprint density at radius 2 is 1.59 bits per heavy atom. The van der Waals surface area contributed by atoms with Crippen LogP contribution in [0.1, 0.15) is 27.0 Å². The first-order valence-corrected chi connectivity index (χ1v) is 7.17. The largest absolute Gasteiger partial charge is 0.504 e. The molecule has 0 spiro atoms. The van der Waals surface area contributed by atoms with E-state index in [1.807, 2.05) is 0 Å². The molecule has 2 aromatic carbocycles. The molecule has 10 heteroatoms. The molecule has 0 saturated carbocycles. The highest BCUT2D eigenvalue weighted by molar-refractivity contribution is 6.15. The smallest absolute Gasteiger partial charge is 0.416 e. The molecule has 3 rings (SSSR count). The van der Waals surface area contributed by atoms with Gasteiger partial charge >= 0.3 is 12.4 Å². The molecule has 27 heavy (non-hydrogen) atoms. The number of hydrogen-bond donors (Lipinski definition) is 2. The van der Waals surface area contributed by atoms with Gasteiger partial charge in [0.25, 0.3) is 0 Å². The molecule has 0 saturated heterocycles. The van der Waals surface area contributed by atoms with Crippen LogP contribution in [0.4, 0.5) is 26.3 Å². The van der Waals surface area contributed by atoms with E-state index in [1.54, 1.807) is 0 Å². The number of halogens is 6. The van der Waals surface area contributed by atoms with Crippen molar-refractivity contribution in [2.45, 2.75) is 12.4 Å². The fourth-order valence-electron chi connectivity index (χ4n) is 2.48. The monoisotopic (exact) mass is 390 g/mol. The quantitative estimate of drug-likeness (QED) is 0.419. The average Bonchev–Trinajstić information content (AvgIpc) is 2.86. The van der Waals surface area contributed by atoms with Crippen LogP contribution in [0.3, 0.4) is 0 Å². The van der Waals surface area contributed by atoms with Crippen molar-refractivity contribution in [1.29, 1.82) is 0 Å². The van der Waals surface area contributed by atoms with Crippen LogP contribution in [0.5, 0.6) is 17.2 Å². The van der Waals surface area contributed by atoms with Gasteiger partial charge in [0.15, 0.2) is 17.3 Å². The van der Waals surface area contributed by atoms with Gasteiger partial charge in [-0.05, 0) is 42.0 Å². The Hall–Kier alpha value is -3.17. The van der Waals surface area contributed by atoms with Crippen LogP contribution in [0.25, 0.3) is 6.08 Å². The number of benzene rings is 2. The van der Waals surface area contributed by atoms with Crippen molar-refractivity contribution < 1.29 is 46.1 Å². The van der Waals surface area contributed by atoms with Gasteiger partial charge in [-0.2, -0.15) is 26.3 Å². The van der Waals surface area contributed by atoms with Gasteiger partial charge in [-0.15, -0.1) is 0 Å². The third kappa shape index (κ3) is 3.29. The van der Waals surface area contributed by atoms with Crippen molar-refractivity contribution in [3.05, 3.63) is 58.3 Å². The van der Waals surface area contributed by atoms with Crippen LogP contribution in [0, 0.1) is 0 Å². The van der Waals surface area contributed by atoms with Gasteiger partial charge in [-0.1, -0.05) is 0 Å². The molecule has 0 aromatic heterocycles. The Balaban J connectivity index is 2.14. The van der Waals surface area contributed by atoms with E-state index in [0.29, 0.717) is 6.08 Å². The summed E-state index contributed by atoms with van der Waals surface area (Å²) in [4.78, 5) is 12.2. The van der Waals surface area contributed by atoms with Crippen molar-refractivity contribution in [2.24, 2.45) is 0 Å². The molecule has 1 aliphatic heterocycles. The average molecular weight is 390 g/mol. The van der Waals surface area contributed by atoms with Gasteiger partial charge in [-0.25, -0.2) is 0 Å². The molecular weight excluding hydrogens is 382 g/mol. The second-order valence-electron chi connectivity index (χ2n) is 5.55. The summed E-state index contributed by atoms with van der Waals surface area (Å²) in [5.41, 5.74) is -3.93. The third-order valence-corrected chi connectivity index (χ3v) is 3.76. The van der Waals surface area contributed by atoms with Crippen LogP contribution in [0.15, 0.2) is 36.1 Å². The summed E-state index contributed by atoms with van der Waals surface area (Å²) in [7, 11) is 0. The van der Waals surface area contributed by atoms with E-state index in [1.165, 1.54) is 0 Å². The Labute approximate surface area is 146 Å². The van der Waals surface area contributed by atoms with Crippen LogP contribution in [-0.2, 0) is 12.4 Å². The third-order valence-electron chi connectivity index (χ3n) is 3.76. The molecule has 0 atom stereocenters. The fourth-order valence-corrected chi connectivity index (χ4v) is 2.48. The first-order valence-electron chi connectivity index (χ1n) is 7.17. The maximum atomic E-state index is 13.1. The summed E-state index contributed by atoms with van der Waals surface area (Å²) in [5.74, 6) is -3.63. The SMILES string of the molecule is O=C1/C(=C/c2cc(C(F)(F)F)ccc2C(F)(F)F)Oc2c1ccc(O)c2O. The highest BCUT2D eigenvalue weighted by Crippen LogP contribution is 2.45. The number of carbonyl (C=O) groups is 1. The fraction of sp³-hybridized carbons (Fsp3) is 0.118. The maximum absolute atomic E-state index is 13.1. The number of rotatable bonds is 1. The summed E-state index contributed by atoms with van der Waals surface area (Å²) >= 11 is 0. The Bertz CT molecular complexity index is 973. The van der Waals surface area contributed by atoms with Crippen LogP contribution in [0.2, 0.25) is 0 Å². The zero-order chi connectivity index (χ0) is 20.1. The molecule has 0 radical (unpaired) electrons. The molecule has 4 nitrogen and oxygen atoms in total. The lowest BCUT2D eigenvalue weighted by Crippen LogP contribution is -2.12. The maximum Gasteiger partial charge on any atom is 0.416 e. The first kappa shape index (κ1) is 18.6. The number of phenols is 2. The minimum atomic E-state index is -4.98. The molecule has 0 bridgehead atoms. The van der Waals surface area contributed by atoms with Gasteiger partial charge < -0.3 is 14.9 Å². The molecular formula is C17H8F6O4. The number of ether oxygens (including phenoxy) is 1. The Morgan fingerprint density at radius 1 is 0.926 bits per heavy atom. The highest BCUT2D eigenvalue weighted by Gasteiger charge is 2.38. The molecule has 0 amide bonds. The summed E-state index contributed by atoms with van der Waals surface area (Å²) in [6.45, 7) is 0. The number of allylic oxidation sites excluding steroid dienone is 1. The van der Waals surface area contributed by atoms with Gasteiger partial charge in [-0.3, -0.25) is 4.79 Å². The number of phenolic OH excluding ortho intramolecular Hbond substituents is 2. The molecule has 2 N–H and O–H groups in total. The Morgan fingerprint density at radius 3 is 2.19 bits per heavy atom. The number of hydrogen-bond acceptors (Lipinski definition) is 4. The lowest BCUT2D eigenvalue weighted by molar-refractivity contribution is -0.141. The second kappa shape index (κ2) is 5.93. The minimum Gasteiger partial charge on any atom is -0.504 e. The van der Waals surface area contributed by atoms with Gasteiger partial charge in [0.1, 0.15) is 0 Å². The van der Waals surface area contributed by atoms with E-state index >= 15 is 0 Å². The van der Waals surface area contributed by atoms with Crippen molar-refractivity contribution in [3.8, 4) is 17.2 Å². The number of carbonyl (C=O) groups excluding carboxylic acids is 1. The van der Waals surface area contributed by atoms with Crippen LogP contribution < -0.4 is 4.74 Å². The molecule has 142 valence electrons. The van der Waals surface area contributed by atoms with Crippen molar-refractivity contribution in [3.63, 3.8) is 0 Å². The van der Waals surface area contributed by atoms with Gasteiger partial charge in [0.05, 0.1) is 16.7 Å². The summed E-state index contributed by atoms with van der Waals surface area (Å²) in [6.07, 6.45) is -9.37. The number of aromatic hydroxyl groups is 2. The van der Waals surface area contributed by atoms with Crippen molar-refractivity contribution in [2.75, 3.05) is 0 Å². The van der Waals surface area contributed by atoms with Crippen molar-refractivity contribution in [1.82, 2.24) is 0 Å². The lowest BCUT2D eigenvalue weighted by atomic mass is 10.0. The number of Topliss-reactive ketones (excluding diaryl/α,β-unsaturated/α-hetero) is 1. The van der Waals surface area contributed by atoms with E-state index in [4.69, 9.17) is 4.74 Å². The highest BCUT2D eigenvalue weighted by atomic mass is 19.4. The number of fused-ring (bicyclic) bond motifs is 1. The lowest BCUT2D eigenvalue weighted by Gasteiger charge is -2.14. The molecule has 1 heterocycles. The number of ketones is 1. The van der Waals surface area contributed by atoms with Crippen LogP contribution in [-0.4, -0.2) is 16.0 Å². The van der Waals surface area contributed by atoms with Gasteiger partial charge in [0, 0.05) is 0 Å².